The van der Waals surface area contributed by atoms with Crippen LogP contribution in [0.25, 0.3) is 0 Å². The van der Waals surface area contributed by atoms with Crippen molar-refractivity contribution in [1.82, 2.24) is 0 Å². The monoisotopic (exact) mass is 225 g/mol. The van der Waals surface area contributed by atoms with E-state index in [4.69, 9.17) is 0 Å². The first-order valence-electron chi connectivity index (χ1n) is 4.86. The molecule has 1 heterocycles. The number of rotatable bonds is 3. The molecule has 73 valence electrons. The zero-order valence-corrected chi connectivity index (χ0v) is 9.17. The Morgan fingerprint density at radius 1 is 1.43 bits per heavy atom. The van der Waals surface area contributed by atoms with Crippen molar-refractivity contribution in [2.45, 2.75) is 18.2 Å². The fraction of sp³-hybridized carbons (Fsp3) is 0.231. The standard InChI is InChI=1S/2C5H4.C3H5.Fe/c2*1-2-4-5-3-1;1-3-2;/h2*1-2H,3H2;3H,1-2H2;. The average Bonchev–Trinajstić information content (AvgIpc) is 2.77. The number of hydrogen-bond donors (Lipinski definition) is 0. The van der Waals surface area contributed by atoms with Crippen LogP contribution in [-0.4, -0.2) is 0 Å². The SMILES string of the molecule is C=C[CH2][Fe]1([C]2=[C]C=CC2)[C]2=[C]1CC=C2. The molecular formula is C13H13Fe. The summed E-state index contributed by atoms with van der Waals surface area (Å²) < 4.78 is 4.99. The normalized spacial score (nSPS) is 36.7. The van der Waals surface area contributed by atoms with Crippen LogP contribution in [0.1, 0.15) is 12.8 Å². The van der Waals surface area contributed by atoms with Gasteiger partial charge in [-0.25, -0.2) is 0 Å². The predicted octanol–water partition coefficient (Wildman–Crippen LogP) is 3.58. The van der Waals surface area contributed by atoms with Gasteiger partial charge in [0.15, 0.2) is 0 Å². The van der Waals surface area contributed by atoms with Crippen LogP contribution >= 0.6 is 0 Å². The zero-order valence-electron chi connectivity index (χ0n) is 8.07. The van der Waals surface area contributed by atoms with E-state index in [1.54, 1.807) is 13.4 Å². The molecule has 0 aromatic carbocycles. The van der Waals surface area contributed by atoms with E-state index in [9.17, 15) is 0 Å². The summed E-state index contributed by atoms with van der Waals surface area (Å²) >= 11 is -1.14. The maximum absolute atomic E-state index is 3.90. The quantitative estimate of drug-likeness (QED) is 0.508. The molecule has 0 fully saturated rings. The van der Waals surface area contributed by atoms with E-state index in [-0.39, 0.29) is 0 Å². The fourth-order valence-electron chi connectivity index (χ4n) is 2.16. The molecule has 0 bridgehead atoms. The van der Waals surface area contributed by atoms with Gasteiger partial charge in [0.1, 0.15) is 0 Å². The minimum absolute atomic E-state index is 1.13. The van der Waals surface area contributed by atoms with Crippen LogP contribution in [0, 0.1) is 6.08 Å². The molecule has 0 nitrogen and oxygen atoms in total. The third kappa shape index (κ3) is 0.893. The number of allylic oxidation sites excluding steroid dienone is 9. The van der Waals surface area contributed by atoms with Gasteiger partial charge >= 0.3 is 87.5 Å². The molecule has 14 heavy (non-hydrogen) atoms. The summed E-state index contributed by atoms with van der Waals surface area (Å²) in [5.74, 6) is 0. The van der Waals surface area contributed by atoms with Gasteiger partial charge in [-0.15, -0.1) is 0 Å². The first kappa shape index (κ1) is 8.52. The molecule has 0 amide bonds. The van der Waals surface area contributed by atoms with Crippen molar-refractivity contribution in [3.05, 3.63) is 56.4 Å². The molecule has 1 atom stereocenters. The summed E-state index contributed by atoms with van der Waals surface area (Å²) in [6, 6.07) is 0. The molecule has 0 spiro atoms. The topological polar surface area (TPSA) is 0 Å². The van der Waals surface area contributed by atoms with Gasteiger partial charge in [0.2, 0.25) is 0 Å². The molecule has 1 unspecified atom stereocenters. The second-order valence-electron chi connectivity index (χ2n) is 3.55. The van der Waals surface area contributed by atoms with Crippen LogP contribution in [0.2, 0.25) is 5.32 Å². The molecule has 0 saturated heterocycles. The summed E-state index contributed by atoms with van der Waals surface area (Å²) in [5, 5.41) is 1.19. The van der Waals surface area contributed by atoms with Crippen molar-refractivity contribution in [2.75, 3.05) is 0 Å². The van der Waals surface area contributed by atoms with Gasteiger partial charge < -0.3 is 0 Å². The van der Waals surface area contributed by atoms with Crippen molar-refractivity contribution in [2.24, 2.45) is 0 Å². The molecule has 1 radical (unpaired) electrons. The van der Waals surface area contributed by atoms with Gasteiger partial charge in [-0.2, -0.15) is 0 Å². The maximum atomic E-state index is 3.90. The average molecular weight is 225 g/mol. The molecule has 0 aromatic rings. The summed E-state index contributed by atoms with van der Waals surface area (Å²) in [6.45, 7) is 3.90. The van der Waals surface area contributed by atoms with E-state index in [1.165, 1.54) is 11.7 Å². The zero-order chi connectivity index (χ0) is 9.60. The molecule has 0 saturated carbocycles. The van der Waals surface area contributed by atoms with Gasteiger partial charge in [0.05, 0.1) is 0 Å². The molecule has 1 aliphatic heterocycles. The Labute approximate surface area is 87.6 Å². The Balaban J connectivity index is 1.93. The van der Waals surface area contributed by atoms with Crippen LogP contribution in [0.3, 0.4) is 0 Å². The van der Waals surface area contributed by atoms with Gasteiger partial charge in [-0.3, -0.25) is 0 Å². The van der Waals surface area contributed by atoms with Gasteiger partial charge in [-0.05, 0) is 0 Å². The first-order valence-corrected chi connectivity index (χ1v) is 7.30. The summed E-state index contributed by atoms with van der Waals surface area (Å²) in [7, 11) is 0. The Morgan fingerprint density at radius 2 is 2.36 bits per heavy atom. The van der Waals surface area contributed by atoms with Crippen LogP contribution in [-0.2, 0) is 12.8 Å². The van der Waals surface area contributed by atoms with Crippen molar-refractivity contribution in [3.8, 4) is 0 Å². The van der Waals surface area contributed by atoms with E-state index >= 15 is 0 Å². The second kappa shape index (κ2) is 2.85. The summed E-state index contributed by atoms with van der Waals surface area (Å²) in [5.41, 5.74) is 0. The van der Waals surface area contributed by atoms with Crippen molar-refractivity contribution in [1.29, 1.82) is 0 Å². The molecule has 2 aliphatic carbocycles. The van der Waals surface area contributed by atoms with E-state index < -0.39 is 12.8 Å². The van der Waals surface area contributed by atoms with E-state index in [0.717, 1.165) is 6.42 Å². The van der Waals surface area contributed by atoms with E-state index in [0.29, 0.717) is 0 Å². The third-order valence-corrected chi connectivity index (χ3v) is 8.22. The molecule has 3 rings (SSSR count). The van der Waals surface area contributed by atoms with Crippen LogP contribution < -0.4 is 0 Å². The Hall–Kier alpha value is -0.781. The molecule has 0 aromatic heterocycles. The molecule has 1 heteroatoms. The molecule has 0 N–H and O–H groups in total. The van der Waals surface area contributed by atoms with Gasteiger partial charge in [-0.1, -0.05) is 0 Å². The van der Waals surface area contributed by atoms with E-state index in [2.05, 4.69) is 43.0 Å². The van der Waals surface area contributed by atoms with Crippen LogP contribution in [0.5, 0.6) is 0 Å². The van der Waals surface area contributed by atoms with Crippen LogP contribution in [0.15, 0.2) is 50.4 Å². The predicted molar refractivity (Wildman–Crippen MR) is 56.3 cm³/mol. The van der Waals surface area contributed by atoms with E-state index in [1.807, 2.05) is 0 Å². The molecular weight excluding hydrogens is 212 g/mol. The second-order valence-corrected chi connectivity index (χ2v) is 7.92. The minimum atomic E-state index is -1.14. The van der Waals surface area contributed by atoms with Crippen molar-refractivity contribution < 1.29 is 12.8 Å². The number of hydrogen-bond acceptors (Lipinski definition) is 0. The van der Waals surface area contributed by atoms with Gasteiger partial charge in [0, 0.05) is 0 Å². The third-order valence-electron chi connectivity index (χ3n) is 2.79. The Bertz CT molecular complexity index is 421. The van der Waals surface area contributed by atoms with Crippen molar-refractivity contribution in [3.63, 3.8) is 0 Å². The molecule has 3 aliphatic rings. The first-order chi connectivity index (χ1) is 6.89. The van der Waals surface area contributed by atoms with Crippen LogP contribution in [0.4, 0.5) is 0 Å². The summed E-state index contributed by atoms with van der Waals surface area (Å²) in [6.07, 6.45) is 16.8. The van der Waals surface area contributed by atoms with Crippen molar-refractivity contribution >= 4 is 0 Å². The Morgan fingerprint density at radius 3 is 2.93 bits per heavy atom. The summed E-state index contributed by atoms with van der Waals surface area (Å²) in [4.78, 5) is 0. The van der Waals surface area contributed by atoms with Gasteiger partial charge in [0.25, 0.3) is 0 Å². The fourth-order valence-corrected chi connectivity index (χ4v) is 7.55. The Kier molecular flexibility index (Phi) is 1.74.